The fourth-order valence-electron chi connectivity index (χ4n) is 4.33. The van der Waals surface area contributed by atoms with Gasteiger partial charge in [-0.3, -0.25) is 4.79 Å². The fourth-order valence-corrected chi connectivity index (χ4v) is 4.72. The molecule has 1 amide bonds. The Kier molecular flexibility index (Phi) is 4.70. The molecule has 5 rings (SSSR count). The Morgan fingerprint density at radius 3 is 2.39 bits per heavy atom. The predicted molar refractivity (Wildman–Crippen MR) is 122 cm³/mol. The van der Waals surface area contributed by atoms with E-state index in [0.717, 1.165) is 41.5 Å². The number of hydrogen-bond acceptors (Lipinski definition) is 3. The van der Waals surface area contributed by atoms with Crippen LogP contribution in [0.1, 0.15) is 24.8 Å². The van der Waals surface area contributed by atoms with Crippen LogP contribution in [-0.4, -0.2) is 16.2 Å². The number of pyridine rings is 1. The van der Waals surface area contributed by atoms with Crippen molar-refractivity contribution in [3.05, 3.63) is 81.2 Å². The number of halogens is 1. The zero-order valence-electron chi connectivity index (χ0n) is 16.4. The third-order valence-corrected chi connectivity index (χ3v) is 6.59. The van der Waals surface area contributed by atoms with Crippen molar-refractivity contribution in [2.75, 3.05) is 0 Å². The Labute approximate surface area is 186 Å². The molecule has 2 aromatic carbocycles. The molecule has 2 aromatic heterocycles. The van der Waals surface area contributed by atoms with Gasteiger partial charge in [-0.2, -0.15) is 0 Å². The molecule has 0 spiro atoms. The van der Waals surface area contributed by atoms with E-state index in [4.69, 9.17) is 4.42 Å². The Morgan fingerprint density at radius 1 is 1.06 bits per heavy atom. The van der Waals surface area contributed by atoms with Gasteiger partial charge in [0, 0.05) is 17.3 Å². The number of furan rings is 1. The highest BCUT2D eigenvalue weighted by Gasteiger charge is 2.40. The molecule has 0 unspecified atom stereocenters. The van der Waals surface area contributed by atoms with Gasteiger partial charge in [0.1, 0.15) is 5.76 Å². The average Bonchev–Trinajstić information content (AvgIpc) is 3.16. The molecule has 0 bridgehead atoms. The third-order valence-electron chi connectivity index (χ3n) is 6.00. The maximum Gasteiger partial charge on any atom is 0.405 e. The number of aromatic nitrogens is 1. The van der Waals surface area contributed by atoms with Gasteiger partial charge in [0.05, 0.1) is 15.4 Å². The molecule has 156 valence electrons. The molecule has 0 radical (unpaired) electrons. The lowest BCUT2D eigenvalue weighted by molar-refractivity contribution is 0.144. The van der Waals surface area contributed by atoms with E-state index in [9.17, 15) is 14.7 Å². The predicted octanol–water partition coefficient (Wildman–Crippen LogP) is 5.86. The van der Waals surface area contributed by atoms with Gasteiger partial charge in [-0.15, -0.1) is 0 Å². The number of rotatable bonds is 4. The number of carbonyl (C=O) groups is 1. The molecule has 3 N–H and O–H groups in total. The fraction of sp³-hybridized carbons (Fsp3) is 0.167. The molecule has 1 fully saturated rings. The first kappa shape index (κ1) is 19.6. The summed E-state index contributed by atoms with van der Waals surface area (Å²) in [6.45, 7) is 0. The molecule has 1 aliphatic carbocycles. The van der Waals surface area contributed by atoms with Crippen molar-refractivity contribution >= 4 is 33.0 Å². The number of hydrogen-bond donors (Lipinski definition) is 3. The van der Waals surface area contributed by atoms with E-state index in [1.807, 2.05) is 54.6 Å². The maximum atomic E-state index is 12.7. The summed E-state index contributed by atoms with van der Waals surface area (Å²) in [4.78, 5) is 26.7. The molecular weight excluding hydrogens is 460 g/mol. The lowest BCUT2D eigenvalue weighted by Crippen LogP contribution is -2.50. The van der Waals surface area contributed by atoms with Gasteiger partial charge in [0.15, 0.2) is 5.58 Å². The first-order chi connectivity index (χ1) is 15.0. The second kappa shape index (κ2) is 7.42. The van der Waals surface area contributed by atoms with E-state index in [-0.39, 0.29) is 5.56 Å². The number of aromatic amines is 1. The summed E-state index contributed by atoms with van der Waals surface area (Å²) in [5, 5.41) is 12.4. The summed E-state index contributed by atoms with van der Waals surface area (Å²) >= 11 is 3.47. The zero-order valence-corrected chi connectivity index (χ0v) is 18.0. The number of benzene rings is 2. The normalized spacial score (nSPS) is 14.9. The first-order valence-electron chi connectivity index (χ1n) is 10.00. The maximum absolute atomic E-state index is 12.7. The van der Waals surface area contributed by atoms with Gasteiger partial charge >= 0.3 is 6.09 Å². The zero-order chi connectivity index (χ0) is 21.6. The minimum Gasteiger partial charge on any atom is -0.465 e. The lowest BCUT2D eigenvalue weighted by atomic mass is 9.72. The topological polar surface area (TPSA) is 95.3 Å². The molecule has 31 heavy (non-hydrogen) atoms. The highest BCUT2D eigenvalue weighted by atomic mass is 79.9. The van der Waals surface area contributed by atoms with Crippen molar-refractivity contribution in [1.82, 2.24) is 10.3 Å². The molecule has 1 aliphatic rings. The van der Waals surface area contributed by atoms with Gasteiger partial charge in [-0.1, -0.05) is 54.6 Å². The Hall–Kier alpha value is -3.32. The highest BCUT2D eigenvalue weighted by Crippen LogP contribution is 2.44. The monoisotopic (exact) mass is 478 g/mol. The van der Waals surface area contributed by atoms with Crippen LogP contribution < -0.4 is 10.9 Å². The second-order valence-corrected chi connectivity index (χ2v) is 8.64. The number of fused-ring (bicyclic) bond motifs is 1. The van der Waals surface area contributed by atoms with Crippen molar-refractivity contribution in [1.29, 1.82) is 0 Å². The average molecular weight is 479 g/mol. The van der Waals surface area contributed by atoms with Crippen molar-refractivity contribution < 1.29 is 14.3 Å². The summed E-state index contributed by atoms with van der Waals surface area (Å²) in [6.07, 6.45) is 3.10. The van der Waals surface area contributed by atoms with E-state index in [0.29, 0.717) is 21.2 Å². The van der Waals surface area contributed by atoms with Crippen molar-refractivity contribution in [2.24, 2.45) is 0 Å². The van der Waals surface area contributed by atoms with Crippen molar-refractivity contribution in [2.45, 2.75) is 24.8 Å². The third kappa shape index (κ3) is 3.25. The summed E-state index contributed by atoms with van der Waals surface area (Å²) in [5.74, 6) is 0.596. The van der Waals surface area contributed by atoms with Crippen molar-refractivity contribution in [3.63, 3.8) is 0 Å². The summed E-state index contributed by atoms with van der Waals surface area (Å²) in [5.41, 5.74) is 3.10. The van der Waals surface area contributed by atoms with Crippen LogP contribution in [0.2, 0.25) is 0 Å². The Morgan fingerprint density at radius 2 is 1.77 bits per heavy atom. The van der Waals surface area contributed by atoms with Gasteiger partial charge in [-0.25, -0.2) is 4.79 Å². The van der Waals surface area contributed by atoms with E-state index < -0.39 is 11.6 Å². The van der Waals surface area contributed by atoms with Gasteiger partial charge < -0.3 is 19.8 Å². The number of nitrogens with one attached hydrogen (secondary N) is 2. The number of amides is 1. The van der Waals surface area contributed by atoms with E-state index in [1.165, 1.54) is 0 Å². The second-order valence-electron chi connectivity index (χ2n) is 7.79. The molecule has 2 heterocycles. The number of carboxylic acid groups (broad SMARTS) is 1. The molecular formula is C24H19BrN2O4. The molecule has 6 nitrogen and oxygen atoms in total. The van der Waals surface area contributed by atoms with E-state index >= 15 is 0 Å². The standard InChI is InChI=1S/C24H19BrN2O4/c25-17-13-26-22(28)19-18(14-5-2-1-3-6-14)20(31-21(17)19)15-7-9-16(10-8-15)24(11-4-12-24)27-23(29)30/h1-3,5-10,13,27H,4,11-12H2,(H,26,28)(H,29,30). The molecule has 0 aliphatic heterocycles. The molecule has 0 saturated heterocycles. The van der Waals surface area contributed by atoms with Gasteiger partial charge in [0.2, 0.25) is 0 Å². The van der Waals surface area contributed by atoms with E-state index in [2.05, 4.69) is 26.2 Å². The largest absolute Gasteiger partial charge is 0.465 e. The number of H-pyrrole nitrogens is 1. The summed E-state index contributed by atoms with van der Waals surface area (Å²) < 4.78 is 6.87. The van der Waals surface area contributed by atoms with Crippen LogP contribution in [0.4, 0.5) is 4.79 Å². The molecule has 4 aromatic rings. The highest BCUT2D eigenvalue weighted by molar-refractivity contribution is 9.10. The summed E-state index contributed by atoms with van der Waals surface area (Å²) in [7, 11) is 0. The van der Waals surface area contributed by atoms with Gasteiger partial charge in [0.25, 0.3) is 5.56 Å². The molecule has 1 saturated carbocycles. The van der Waals surface area contributed by atoms with Crippen LogP contribution in [0.25, 0.3) is 33.4 Å². The summed E-state index contributed by atoms with van der Waals surface area (Å²) in [6, 6.07) is 17.4. The van der Waals surface area contributed by atoms with Crippen LogP contribution in [0, 0.1) is 0 Å². The van der Waals surface area contributed by atoms with Crippen LogP contribution in [-0.2, 0) is 5.54 Å². The molecule has 7 heteroatoms. The van der Waals surface area contributed by atoms with Crippen LogP contribution in [0.5, 0.6) is 0 Å². The SMILES string of the molecule is O=C(O)NC1(c2ccc(-c3oc4c(Br)c[nH]c(=O)c4c3-c3ccccc3)cc2)CCC1. The Bertz CT molecular complexity index is 1340. The molecule has 0 atom stereocenters. The van der Waals surface area contributed by atoms with Crippen LogP contribution >= 0.6 is 15.9 Å². The van der Waals surface area contributed by atoms with Crippen LogP contribution in [0.15, 0.2) is 74.5 Å². The lowest BCUT2D eigenvalue weighted by Gasteiger charge is -2.42. The first-order valence-corrected chi connectivity index (χ1v) is 10.8. The Balaban J connectivity index is 1.67. The van der Waals surface area contributed by atoms with E-state index in [1.54, 1.807) is 6.20 Å². The van der Waals surface area contributed by atoms with Gasteiger partial charge in [-0.05, 0) is 46.3 Å². The smallest absolute Gasteiger partial charge is 0.405 e. The minimum absolute atomic E-state index is 0.220. The minimum atomic E-state index is -1.02. The quantitative estimate of drug-likeness (QED) is 0.342. The van der Waals surface area contributed by atoms with Crippen LogP contribution in [0.3, 0.4) is 0 Å². The van der Waals surface area contributed by atoms with Crippen molar-refractivity contribution in [3.8, 4) is 22.5 Å².